The molecule has 5 heteroatoms. The van der Waals surface area contributed by atoms with Crippen LogP contribution in [0, 0.1) is 5.92 Å². The second-order valence-corrected chi connectivity index (χ2v) is 3.86. The quantitative estimate of drug-likeness (QED) is 0.767. The van der Waals surface area contributed by atoms with Crippen molar-refractivity contribution >= 4 is 11.9 Å². The van der Waals surface area contributed by atoms with E-state index in [1.165, 1.54) is 0 Å². The lowest BCUT2D eigenvalue weighted by Gasteiger charge is -2.08. The molecule has 1 aromatic heterocycles. The maximum absolute atomic E-state index is 11.4. The lowest BCUT2D eigenvalue weighted by Crippen LogP contribution is -2.31. The molecule has 2 N–H and O–H groups in total. The number of hydrogen-bond donors (Lipinski definition) is 2. The summed E-state index contributed by atoms with van der Waals surface area (Å²) < 4.78 is 0. The smallest absolute Gasteiger partial charge is 0.308 e. The number of rotatable bonds is 6. The van der Waals surface area contributed by atoms with E-state index in [1.807, 2.05) is 18.2 Å². The number of aromatic nitrogens is 1. The first kappa shape index (κ1) is 13.2. The molecule has 1 heterocycles. The van der Waals surface area contributed by atoms with E-state index in [1.54, 1.807) is 13.1 Å². The summed E-state index contributed by atoms with van der Waals surface area (Å²) in [4.78, 5) is 26.0. The third kappa shape index (κ3) is 5.10. The van der Waals surface area contributed by atoms with Crippen molar-refractivity contribution in [3.05, 3.63) is 30.1 Å². The molecule has 0 fully saturated rings. The van der Waals surface area contributed by atoms with Gasteiger partial charge in [0.25, 0.3) is 0 Å². The van der Waals surface area contributed by atoms with Crippen LogP contribution >= 0.6 is 0 Å². The van der Waals surface area contributed by atoms with Crippen LogP contribution in [0.2, 0.25) is 0 Å². The van der Waals surface area contributed by atoms with Crippen LogP contribution in [0.1, 0.15) is 19.0 Å². The Morgan fingerprint density at radius 1 is 1.47 bits per heavy atom. The van der Waals surface area contributed by atoms with Gasteiger partial charge in [0.05, 0.1) is 5.92 Å². The fourth-order valence-electron chi connectivity index (χ4n) is 1.23. The van der Waals surface area contributed by atoms with Gasteiger partial charge in [-0.3, -0.25) is 14.6 Å². The molecule has 0 aliphatic heterocycles. The molecule has 0 bridgehead atoms. The largest absolute Gasteiger partial charge is 0.481 e. The molecular formula is C12H16N2O3. The summed E-state index contributed by atoms with van der Waals surface area (Å²) in [7, 11) is 0. The van der Waals surface area contributed by atoms with Gasteiger partial charge in [0, 0.05) is 24.9 Å². The minimum Gasteiger partial charge on any atom is -0.481 e. The maximum atomic E-state index is 11.4. The third-order valence-corrected chi connectivity index (χ3v) is 2.36. The summed E-state index contributed by atoms with van der Waals surface area (Å²) in [6, 6.07) is 5.54. The van der Waals surface area contributed by atoms with E-state index >= 15 is 0 Å². The average molecular weight is 236 g/mol. The molecule has 0 aliphatic carbocycles. The number of carbonyl (C=O) groups is 2. The van der Waals surface area contributed by atoms with Crippen LogP contribution in [-0.4, -0.2) is 28.5 Å². The molecule has 1 aromatic rings. The van der Waals surface area contributed by atoms with Gasteiger partial charge in [-0.05, 0) is 18.6 Å². The minimum atomic E-state index is -0.907. The molecule has 1 rings (SSSR count). The molecule has 0 saturated heterocycles. The van der Waals surface area contributed by atoms with Gasteiger partial charge in [-0.25, -0.2) is 0 Å². The van der Waals surface area contributed by atoms with Crippen molar-refractivity contribution in [3.8, 4) is 0 Å². The number of aryl methyl sites for hydroxylation is 1. The highest BCUT2D eigenvalue weighted by atomic mass is 16.4. The van der Waals surface area contributed by atoms with Crippen molar-refractivity contribution in [1.29, 1.82) is 0 Å². The van der Waals surface area contributed by atoms with E-state index in [-0.39, 0.29) is 12.5 Å². The van der Waals surface area contributed by atoms with Gasteiger partial charge in [0.15, 0.2) is 0 Å². The van der Waals surface area contributed by atoms with Gasteiger partial charge in [0.2, 0.25) is 5.91 Å². The number of hydrogen-bond acceptors (Lipinski definition) is 3. The number of nitrogens with zero attached hydrogens (tertiary/aromatic N) is 1. The Labute approximate surface area is 99.9 Å². The molecule has 0 radical (unpaired) electrons. The summed E-state index contributed by atoms with van der Waals surface area (Å²) in [6.07, 6.45) is 2.57. The first-order valence-corrected chi connectivity index (χ1v) is 5.49. The SMILES string of the molecule is CC(CNC(=O)CCc1ccccn1)C(=O)O. The van der Waals surface area contributed by atoms with Crippen molar-refractivity contribution in [3.63, 3.8) is 0 Å². The van der Waals surface area contributed by atoms with Gasteiger partial charge in [0.1, 0.15) is 0 Å². The molecule has 0 spiro atoms. The zero-order valence-electron chi connectivity index (χ0n) is 9.72. The molecular weight excluding hydrogens is 220 g/mol. The van der Waals surface area contributed by atoms with E-state index in [0.717, 1.165) is 5.69 Å². The molecule has 0 aliphatic rings. The van der Waals surface area contributed by atoms with E-state index in [2.05, 4.69) is 10.3 Å². The Morgan fingerprint density at radius 2 is 2.24 bits per heavy atom. The second-order valence-electron chi connectivity index (χ2n) is 3.86. The Balaban J connectivity index is 2.24. The molecule has 5 nitrogen and oxygen atoms in total. The van der Waals surface area contributed by atoms with E-state index in [4.69, 9.17) is 5.11 Å². The highest BCUT2D eigenvalue weighted by Crippen LogP contribution is 1.98. The van der Waals surface area contributed by atoms with Crippen LogP contribution in [0.5, 0.6) is 0 Å². The Kier molecular flexibility index (Phi) is 5.13. The molecule has 1 atom stereocenters. The fraction of sp³-hybridized carbons (Fsp3) is 0.417. The Bertz CT molecular complexity index is 379. The van der Waals surface area contributed by atoms with Gasteiger partial charge in [-0.2, -0.15) is 0 Å². The van der Waals surface area contributed by atoms with Crippen molar-refractivity contribution in [2.75, 3.05) is 6.54 Å². The number of carboxylic acids is 1. The first-order chi connectivity index (χ1) is 8.09. The maximum Gasteiger partial charge on any atom is 0.308 e. The molecule has 92 valence electrons. The standard InChI is InChI=1S/C12H16N2O3/c1-9(12(16)17)8-14-11(15)6-5-10-4-2-3-7-13-10/h2-4,7,9H,5-6,8H2,1H3,(H,14,15)(H,16,17). The summed E-state index contributed by atoms with van der Waals surface area (Å²) in [6.45, 7) is 1.72. The van der Waals surface area contributed by atoms with Gasteiger partial charge in [-0.1, -0.05) is 13.0 Å². The third-order valence-electron chi connectivity index (χ3n) is 2.36. The normalized spacial score (nSPS) is 11.8. The predicted octanol–water partition coefficient (Wildman–Crippen LogP) is 0.851. The van der Waals surface area contributed by atoms with Crippen LogP contribution < -0.4 is 5.32 Å². The summed E-state index contributed by atoms with van der Waals surface area (Å²) >= 11 is 0. The van der Waals surface area contributed by atoms with Crippen molar-refractivity contribution < 1.29 is 14.7 Å². The average Bonchev–Trinajstić information content (AvgIpc) is 2.34. The zero-order chi connectivity index (χ0) is 12.7. The molecule has 1 unspecified atom stereocenters. The number of carboxylic acid groups (broad SMARTS) is 1. The van der Waals surface area contributed by atoms with Gasteiger partial charge < -0.3 is 10.4 Å². The minimum absolute atomic E-state index is 0.149. The van der Waals surface area contributed by atoms with Crippen LogP contribution in [0.15, 0.2) is 24.4 Å². The van der Waals surface area contributed by atoms with Crippen LogP contribution in [0.3, 0.4) is 0 Å². The Morgan fingerprint density at radius 3 is 2.82 bits per heavy atom. The Hall–Kier alpha value is -1.91. The fourth-order valence-corrected chi connectivity index (χ4v) is 1.23. The molecule has 1 amide bonds. The van der Waals surface area contributed by atoms with E-state index < -0.39 is 11.9 Å². The van der Waals surface area contributed by atoms with Crippen LogP contribution in [0.25, 0.3) is 0 Å². The monoisotopic (exact) mass is 236 g/mol. The van der Waals surface area contributed by atoms with Crippen molar-refractivity contribution in [2.24, 2.45) is 5.92 Å². The van der Waals surface area contributed by atoms with Crippen LogP contribution in [0.4, 0.5) is 0 Å². The predicted molar refractivity (Wildman–Crippen MR) is 62.4 cm³/mol. The number of amides is 1. The lowest BCUT2D eigenvalue weighted by molar-refractivity contribution is -0.141. The zero-order valence-corrected chi connectivity index (χ0v) is 9.72. The van der Waals surface area contributed by atoms with Gasteiger partial charge in [-0.15, -0.1) is 0 Å². The van der Waals surface area contributed by atoms with E-state index in [9.17, 15) is 9.59 Å². The highest BCUT2D eigenvalue weighted by molar-refractivity contribution is 5.77. The highest BCUT2D eigenvalue weighted by Gasteiger charge is 2.11. The lowest BCUT2D eigenvalue weighted by atomic mass is 10.1. The van der Waals surface area contributed by atoms with Gasteiger partial charge >= 0.3 is 5.97 Å². The van der Waals surface area contributed by atoms with Crippen molar-refractivity contribution in [1.82, 2.24) is 10.3 Å². The molecule has 0 aromatic carbocycles. The summed E-state index contributed by atoms with van der Waals surface area (Å²) in [5.41, 5.74) is 0.855. The molecule has 0 saturated carbocycles. The number of pyridine rings is 1. The van der Waals surface area contributed by atoms with Crippen LogP contribution in [-0.2, 0) is 16.0 Å². The summed E-state index contributed by atoms with van der Waals surface area (Å²) in [5, 5.41) is 11.2. The number of nitrogens with one attached hydrogen (secondary N) is 1. The summed E-state index contributed by atoms with van der Waals surface area (Å²) in [5.74, 6) is -1.62. The number of carbonyl (C=O) groups excluding carboxylic acids is 1. The number of aliphatic carboxylic acids is 1. The first-order valence-electron chi connectivity index (χ1n) is 5.49. The topological polar surface area (TPSA) is 79.3 Å². The second kappa shape index (κ2) is 6.62. The van der Waals surface area contributed by atoms with Crippen molar-refractivity contribution in [2.45, 2.75) is 19.8 Å². The molecule has 17 heavy (non-hydrogen) atoms. The van der Waals surface area contributed by atoms with E-state index in [0.29, 0.717) is 12.8 Å².